The monoisotopic (exact) mass is 343 g/mol. The first-order valence-corrected chi connectivity index (χ1v) is 7.30. The Hall–Kier alpha value is -3.42. The molecule has 3 rings (SSSR count). The third kappa shape index (κ3) is 3.74. The molecule has 0 radical (unpaired) electrons. The maximum atomic E-state index is 13.8. The third-order valence-corrected chi connectivity index (χ3v) is 3.42. The van der Waals surface area contributed by atoms with Crippen LogP contribution in [0.4, 0.5) is 37.5 Å². The quantitative estimate of drug-likeness (QED) is 0.653. The van der Waals surface area contributed by atoms with Crippen LogP contribution in [-0.4, -0.2) is 17.1 Å². The minimum atomic E-state index is -0.621. The van der Waals surface area contributed by atoms with Gasteiger partial charge >= 0.3 is 0 Å². The minimum absolute atomic E-state index is 0.0687. The molecule has 0 unspecified atom stereocenters. The molecule has 0 atom stereocenters. The van der Waals surface area contributed by atoms with Crippen molar-refractivity contribution in [1.29, 1.82) is 0 Å². The van der Waals surface area contributed by atoms with E-state index in [0.29, 0.717) is 11.6 Å². The second-order valence-corrected chi connectivity index (χ2v) is 5.09. The maximum Gasteiger partial charge on any atom is 0.159 e. The summed E-state index contributed by atoms with van der Waals surface area (Å²) in [5.41, 5.74) is 6.86. The van der Waals surface area contributed by atoms with Crippen molar-refractivity contribution in [2.45, 2.75) is 0 Å². The summed E-state index contributed by atoms with van der Waals surface area (Å²) in [4.78, 5) is 8.05. The first-order chi connectivity index (χ1) is 12.1. The molecule has 6 nitrogen and oxygen atoms in total. The largest absolute Gasteiger partial charge is 0.497 e. The molecule has 0 amide bonds. The lowest BCUT2D eigenvalue weighted by molar-refractivity contribution is 0.415. The molecule has 25 heavy (non-hydrogen) atoms. The van der Waals surface area contributed by atoms with Crippen LogP contribution >= 0.6 is 0 Å². The number of nitrogen functional groups attached to an aromatic ring is 1. The summed E-state index contributed by atoms with van der Waals surface area (Å²) < 4.78 is 32.1. The molecule has 8 heteroatoms. The fourth-order valence-corrected chi connectivity index (χ4v) is 2.13. The van der Waals surface area contributed by atoms with Gasteiger partial charge in [-0.3, -0.25) is 0 Å². The number of methoxy groups -OCH3 is 1. The van der Waals surface area contributed by atoms with Gasteiger partial charge in [-0.1, -0.05) is 0 Å². The molecule has 2 aromatic carbocycles. The van der Waals surface area contributed by atoms with Crippen LogP contribution in [0.3, 0.4) is 0 Å². The Bertz CT molecular complexity index is 887. The van der Waals surface area contributed by atoms with E-state index >= 15 is 0 Å². The van der Waals surface area contributed by atoms with E-state index in [1.807, 2.05) is 0 Å². The number of hydrogen-bond acceptors (Lipinski definition) is 6. The van der Waals surface area contributed by atoms with E-state index in [1.54, 1.807) is 31.4 Å². The summed E-state index contributed by atoms with van der Waals surface area (Å²) in [6, 6.07) is 10.2. The first-order valence-electron chi connectivity index (χ1n) is 7.30. The zero-order chi connectivity index (χ0) is 17.8. The zero-order valence-electron chi connectivity index (χ0n) is 13.3. The Kier molecular flexibility index (Phi) is 4.60. The smallest absolute Gasteiger partial charge is 0.159 e. The molecule has 1 heterocycles. The number of halogens is 2. The average Bonchev–Trinajstić information content (AvgIpc) is 2.62. The van der Waals surface area contributed by atoms with Crippen molar-refractivity contribution >= 4 is 28.7 Å². The highest BCUT2D eigenvalue weighted by molar-refractivity contribution is 5.80. The van der Waals surface area contributed by atoms with Crippen molar-refractivity contribution in [3.8, 4) is 5.75 Å². The SMILES string of the molecule is COc1ccc(Nc2ncnc(Nc3cc(F)ccc3F)c2N)cc1. The van der Waals surface area contributed by atoms with E-state index in [0.717, 1.165) is 23.9 Å². The van der Waals surface area contributed by atoms with Crippen molar-refractivity contribution in [3.05, 3.63) is 60.4 Å². The van der Waals surface area contributed by atoms with Gasteiger partial charge in [-0.05, 0) is 36.4 Å². The highest BCUT2D eigenvalue weighted by Crippen LogP contribution is 2.29. The van der Waals surface area contributed by atoms with Crippen LogP contribution in [0.15, 0.2) is 48.8 Å². The molecular formula is C17H15F2N5O. The number of aromatic nitrogens is 2. The van der Waals surface area contributed by atoms with Gasteiger partial charge in [-0.25, -0.2) is 18.7 Å². The van der Waals surface area contributed by atoms with Gasteiger partial charge in [0.2, 0.25) is 0 Å². The van der Waals surface area contributed by atoms with Crippen molar-refractivity contribution in [2.24, 2.45) is 0 Å². The van der Waals surface area contributed by atoms with Crippen LogP contribution in [0.2, 0.25) is 0 Å². The van der Waals surface area contributed by atoms with Crippen LogP contribution in [0.25, 0.3) is 0 Å². The predicted octanol–water partition coefficient (Wildman–Crippen LogP) is 3.83. The van der Waals surface area contributed by atoms with Crippen LogP contribution in [0, 0.1) is 11.6 Å². The number of nitrogens with zero attached hydrogens (tertiary/aromatic N) is 2. The van der Waals surface area contributed by atoms with Gasteiger partial charge in [-0.2, -0.15) is 0 Å². The summed E-state index contributed by atoms with van der Waals surface area (Å²) in [6.45, 7) is 0. The molecule has 128 valence electrons. The number of anilines is 5. The molecule has 0 saturated heterocycles. The maximum absolute atomic E-state index is 13.8. The Morgan fingerprint density at radius 1 is 0.960 bits per heavy atom. The van der Waals surface area contributed by atoms with Gasteiger partial charge in [0.1, 0.15) is 29.4 Å². The lowest BCUT2D eigenvalue weighted by Crippen LogP contribution is -2.06. The summed E-state index contributed by atoms with van der Waals surface area (Å²) in [5.74, 6) is 0.0114. The van der Waals surface area contributed by atoms with Gasteiger partial charge in [0, 0.05) is 11.8 Å². The van der Waals surface area contributed by atoms with Crippen LogP contribution in [-0.2, 0) is 0 Å². The Morgan fingerprint density at radius 2 is 1.64 bits per heavy atom. The molecule has 0 bridgehead atoms. The van der Waals surface area contributed by atoms with Gasteiger partial charge in [-0.15, -0.1) is 0 Å². The first kappa shape index (κ1) is 16.4. The molecule has 0 fully saturated rings. The lowest BCUT2D eigenvalue weighted by atomic mass is 10.2. The fourth-order valence-electron chi connectivity index (χ4n) is 2.13. The molecule has 0 aliphatic carbocycles. The molecular weight excluding hydrogens is 328 g/mol. The second kappa shape index (κ2) is 7.00. The van der Waals surface area contributed by atoms with Gasteiger partial charge < -0.3 is 21.1 Å². The van der Waals surface area contributed by atoms with E-state index in [9.17, 15) is 8.78 Å². The van der Waals surface area contributed by atoms with Gasteiger partial charge in [0.25, 0.3) is 0 Å². The van der Waals surface area contributed by atoms with E-state index in [2.05, 4.69) is 20.6 Å². The van der Waals surface area contributed by atoms with Crippen molar-refractivity contribution in [2.75, 3.05) is 23.5 Å². The number of benzene rings is 2. The summed E-state index contributed by atoms with van der Waals surface area (Å²) in [6.07, 6.45) is 1.27. The van der Waals surface area contributed by atoms with E-state index in [4.69, 9.17) is 10.5 Å². The number of nitrogens with two attached hydrogens (primary N) is 1. The molecule has 1 aromatic heterocycles. The topological polar surface area (TPSA) is 85.1 Å². The van der Waals surface area contributed by atoms with E-state index < -0.39 is 11.6 Å². The molecule has 0 spiro atoms. The molecule has 0 aliphatic rings. The highest BCUT2D eigenvalue weighted by atomic mass is 19.1. The molecule has 4 N–H and O–H groups in total. The molecule has 0 aliphatic heterocycles. The van der Waals surface area contributed by atoms with Crippen LogP contribution in [0.5, 0.6) is 5.75 Å². The Balaban J connectivity index is 1.85. The second-order valence-electron chi connectivity index (χ2n) is 5.09. The lowest BCUT2D eigenvalue weighted by Gasteiger charge is -2.13. The van der Waals surface area contributed by atoms with Gasteiger partial charge in [0.15, 0.2) is 11.6 Å². The zero-order valence-corrected chi connectivity index (χ0v) is 13.3. The summed E-state index contributed by atoms with van der Waals surface area (Å²) in [7, 11) is 1.58. The molecule has 3 aromatic rings. The van der Waals surface area contributed by atoms with Crippen molar-refractivity contribution < 1.29 is 13.5 Å². The fraction of sp³-hybridized carbons (Fsp3) is 0.0588. The standard InChI is InChI=1S/C17H15F2N5O/c1-25-12-5-3-11(4-6-12)23-16-15(20)17(22-9-21-16)24-14-8-10(18)2-7-13(14)19/h2-9H,20H2,1H3,(H2,21,22,23,24). The number of nitrogens with one attached hydrogen (secondary N) is 2. The third-order valence-electron chi connectivity index (χ3n) is 3.42. The van der Waals surface area contributed by atoms with Crippen LogP contribution < -0.4 is 21.1 Å². The number of ether oxygens (including phenoxy) is 1. The van der Waals surface area contributed by atoms with E-state index in [1.165, 1.54) is 6.33 Å². The Labute approximate surface area is 142 Å². The summed E-state index contributed by atoms with van der Waals surface area (Å²) in [5, 5.41) is 5.71. The van der Waals surface area contributed by atoms with Crippen molar-refractivity contribution in [3.63, 3.8) is 0 Å². The predicted molar refractivity (Wildman–Crippen MR) is 92.4 cm³/mol. The highest BCUT2D eigenvalue weighted by Gasteiger charge is 2.11. The van der Waals surface area contributed by atoms with Crippen molar-refractivity contribution in [1.82, 2.24) is 9.97 Å². The minimum Gasteiger partial charge on any atom is -0.497 e. The summed E-state index contributed by atoms with van der Waals surface area (Å²) >= 11 is 0. The number of rotatable bonds is 5. The average molecular weight is 343 g/mol. The Morgan fingerprint density at radius 3 is 2.32 bits per heavy atom. The number of hydrogen-bond donors (Lipinski definition) is 3. The van der Waals surface area contributed by atoms with Crippen LogP contribution in [0.1, 0.15) is 0 Å². The van der Waals surface area contributed by atoms with E-state index in [-0.39, 0.29) is 17.2 Å². The molecule has 0 saturated carbocycles. The van der Waals surface area contributed by atoms with Gasteiger partial charge in [0.05, 0.1) is 12.8 Å². The normalized spacial score (nSPS) is 10.4.